The average molecular weight is 304 g/mol. The van der Waals surface area contributed by atoms with Gasteiger partial charge in [0.25, 0.3) is 5.91 Å². The van der Waals surface area contributed by atoms with Gasteiger partial charge < -0.3 is 16.0 Å². The highest BCUT2D eigenvalue weighted by molar-refractivity contribution is 7.19. The predicted octanol–water partition coefficient (Wildman–Crippen LogP) is 2.33. The summed E-state index contributed by atoms with van der Waals surface area (Å²) < 4.78 is 0. The second kappa shape index (κ2) is 5.57. The van der Waals surface area contributed by atoms with Gasteiger partial charge in [0.2, 0.25) is 0 Å². The number of hydrogen-bond donors (Lipinski definition) is 2. The van der Waals surface area contributed by atoms with Crippen LogP contribution >= 0.6 is 11.3 Å². The number of rotatable bonds is 5. The Balaban J connectivity index is 1.81. The van der Waals surface area contributed by atoms with Gasteiger partial charge in [-0.15, -0.1) is 11.3 Å². The van der Waals surface area contributed by atoms with Crippen LogP contribution in [0.5, 0.6) is 0 Å². The van der Waals surface area contributed by atoms with E-state index >= 15 is 0 Å². The quantitative estimate of drug-likeness (QED) is 0.874. The Labute approximate surface area is 128 Å². The van der Waals surface area contributed by atoms with Crippen LogP contribution in [0, 0.1) is 17.2 Å². The van der Waals surface area contributed by atoms with E-state index in [1.54, 1.807) is 0 Å². The third-order valence-corrected chi connectivity index (χ3v) is 5.58. The summed E-state index contributed by atoms with van der Waals surface area (Å²) in [6.45, 7) is 0.929. The summed E-state index contributed by atoms with van der Waals surface area (Å²) in [5, 5.41) is 13.1. The van der Waals surface area contributed by atoms with E-state index in [0.29, 0.717) is 28.1 Å². The number of carbonyl (C=O) groups excluding carboxylic acids is 1. The Morgan fingerprint density at radius 2 is 2.19 bits per heavy atom. The smallest absolute Gasteiger partial charge is 0.263 e. The van der Waals surface area contributed by atoms with E-state index in [-0.39, 0.29) is 5.91 Å². The summed E-state index contributed by atoms with van der Waals surface area (Å²) in [6, 6.07) is 2.45. The minimum Gasteiger partial charge on any atom is -0.396 e. The second-order valence-electron chi connectivity index (χ2n) is 6.06. The maximum Gasteiger partial charge on any atom is 0.263 e. The van der Waals surface area contributed by atoms with Crippen molar-refractivity contribution in [3.05, 3.63) is 10.4 Å². The molecule has 6 heteroatoms. The standard InChI is InChI=1S/C15H20N4OS/c1-19(8-9-3-2-4-9)15-11(7-16)12(17)13(21-15)14(20)18-10-5-6-10/h9-10H,2-6,8,17H2,1H3,(H,18,20). The third-order valence-electron chi connectivity index (χ3n) is 4.26. The number of amides is 1. The first kappa shape index (κ1) is 14.2. The molecule has 0 unspecified atom stereocenters. The van der Waals surface area contributed by atoms with Crippen LogP contribution < -0.4 is 16.0 Å². The molecule has 0 spiro atoms. The minimum atomic E-state index is -0.139. The van der Waals surface area contributed by atoms with Crippen LogP contribution in [-0.2, 0) is 0 Å². The lowest BCUT2D eigenvalue weighted by Gasteiger charge is -2.30. The molecule has 3 N–H and O–H groups in total. The summed E-state index contributed by atoms with van der Waals surface area (Å²) in [4.78, 5) is 14.8. The molecule has 1 amide bonds. The van der Waals surface area contributed by atoms with Crippen molar-refractivity contribution in [1.82, 2.24) is 5.32 Å². The van der Waals surface area contributed by atoms with Gasteiger partial charge in [0.05, 0.1) is 5.69 Å². The van der Waals surface area contributed by atoms with E-state index in [0.717, 1.165) is 24.4 Å². The first-order valence-corrected chi connectivity index (χ1v) is 8.26. The van der Waals surface area contributed by atoms with Crippen molar-refractivity contribution in [3.8, 4) is 6.07 Å². The molecular formula is C15H20N4OS. The lowest BCUT2D eigenvalue weighted by Crippen LogP contribution is -2.29. The van der Waals surface area contributed by atoms with Crippen molar-refractivity contribution in [2.45, 2.75) is 38.1 Å². The Bertz CT molecular complexity index is 596. The van der Waals surface area contributed by atoms with Crippen LogP contribution in [0.3, 0.4) is 0 Å². The second-order valence-corrected chi connectivity index (χ2v) is 7.06. The van der Waals surface area contributed by atoms with E-state index in [1.165, 1.54) is 30.6 Å². The number of anilines is 2. The summed E-state index contributed by atoms with van der Waals surface area (Å²) in [6.07, 6.45) is 5.88. The minimum absolute atomic E-state index is 0.139. The fourth-order valence-corrected chi connectivity index (χ4v) is 3.65. The number of nitriles is 1. The van der Waals surface area contributed by atoms with Crippen LogP contribution in [0.15, 0.2) is 0 Å². The first-order chi connectivity index (χ1) is 10.1. The van der Waals surface area contributed by atoms with Gasteiger partial charge in [-0.3, -0.25) is 4.79 Å². The lowest BCUT2D eigenvalue weighted by atomic mass is 9.85. The highest BCUT2D eigenvalue weighted by atomic mass is 32.1. The molecule has 1 aromatic heterocycles. The van der Waals surface area contributed by atoms with Gasteiger partial charge in [0, 0.05) is 19.6 Å². The van der Waals surface area contributed by atoms with Crippen molar-refractivity contribution in [2.75, 3.05) is 24.2 Å². The van der Waals surface area contributed by atoms with Gasteiger partial charge in [-0.2, -0.15) is 5.26 Å². The fourth-order valence-electron chi connectivity index (χ4n) is 2.60. The van der Waals surface area contributed by atoms with Crippen molar-refractivity contribution < 1.29 is 4.79 Å². The number of nitrogens with zero attached hydrogens (tertiary/aromatic N) is 2. The average Bonchev–Trinajstić information content (AvgIpc) is 3.15. The number of nitrogen functional groups attached to an aromatic ring is 1. The molecule has 2 saturated carbocycles. The Hall–Kier alpha value is -1.74. The van der Waals surface area contributed by atoms with Crippen LogP contribution in [0.25, 0.3) is 0 Å². The maximum absolute atomic E-state index is 12.2. The molecule has 0 saturated heterocycles. The van der Waals surface area contributed by atoms with Crippen molar-refractivity contribution in [1.29, 1.82) is 5.26 Å². The van der Waals surface area contributed by atoms with Gasteiger partial charge in [-0.1, -0.05) is 6.42 Å². The molecule has 2 aliphatic carbocycles. The Kier molecular flexibility index (Phi) is 3.77. The number of nitrogens with one attached hydrogen (secondary N) is 1. The monoisotopic (exact) mass is 304 g/mol. The molecule has 0 radical (unpaired) electrons. The molecule has 5 nitrogen and oxygen atoms in total. The molecule has 21 heavy (non-hydrogen) atoms. The molecule has 0 aliphatic heterocycles. The summed E-state index contributed by atoms with van der Waals surface area (Å²) in [5.41, 5.74) is 6.80. The normalized spacial score (nSPS) is 17.9. The zero-order valence-corrected chi connectivity index (χ0v) is 13.0. The lowest BCUT2D eigenvalue weighted by molar-refractivity contribution is 0.0956. The third kappa shape index (κ3) is 2.84. The highest BCUT2D eigenvalue weighted by Gasteiger charge is 2.29. The zero-order valence-electron chi connectivity index (χ0n) is 12.2. The summed E-state index contributed by atoms with van der Waals surface area (Å²) >= 11 is 1.34. The molecule has 0 aromatic carbocycles. The molecule has 1 heterocycles. The highest BCUT2D eigenvalue weighted by Crippen LogP contribution is 2.39. The number of nitrogens with two attached hydrogens (primary N) is 1. The Morgan fingerprint density at radius 1 is 1.48 bits per heavy atom. The van der Waals surface area contributed by atoms with Gasteiger partial charge in [0.1, 0.15) is 21.5 Å². The number of carbonyl (C=O) groups is 1. The van der Waals surface area contributed by atoms with Crippen molar-refractivity contribution in [3.63, 3.8) is 0 Å². The SMILES string of the molecule is CN(CC1CCC1)c1sc(C(=O)NC2CC2)c(N)c1C#N. The van der Waals surface area contributed by atoms with Crippen LogP contribution in [0.1, 0.15) is 47.3 Å². The van der Waals surface area contributed by atoms with E-state index in [1.807, 2.05) is 7.05 Å². The van der Waals surface area contributed by atoms with Gasteiger partial charge in [0.15, 0.2) is 0 Å². The molecular weight excluding hydrogens is 284 g/mol. The molecule has 2 aliphatic rings. The predicted molar refractivity (Wildman–Crippen MR) is 84.5 cm³/mol. The van der Waals surface area contributed by atoms with E-state index < -0.39 is 0 Å². The van der Waals surface area contributed by atoms with Gasteiger partial charge in [-0.05, 0) is 31.6 Å². The molecule has 0 bridgehead atoms. The van der Waals surface area contributed by atoms with E-state index in [4.69, 9.17) is 5.73 Å². The summed E-state index contributed by atoms with van der Waals surface area (Å²) in [5.74, 6) is 0.563. The summed E-state index contributed by atoms with van der Waals surface area (Å²) in [7, 11) is 1.98. The molecule has 3 rings (SSSR count). The fraction of sp³-hybridized carbons (Fsp3) is 0.600. The van der Waals surface area contributed by atoms with Crippen molar-refractivity contribution in [2.24, 2.45) is 5.92 Å². The van der Waals surface area contributed by atoms with E-state index in [2.05, 4.69) is 16.3 Å². The molecule has 112 valence electrons. The number of hydrogen-bond acceptors (Lipinski definition) is 5. The zero-order chi connectivity index (χ0) is 15.0. The Morgan fingerprint density at radius 3 is 2.71 bits per heavy atom. The molecule has 2 fully saturated rings. The van der Waals surface area contributed by atoms with Crippen LogP contribution in [-0.4, -0.2) is 25.5 Å². The molecule has 0 atom stereocenters. The largest absolute Gasteiger partial charge is 0.396 e. The number of thiophene rings is 1. The van der Waals surface area contributed by atoms with Gasteiger partial charge >= 0.3 is 0 Å². The topological polar surface area (TPSA) is 82.2 Å². The first-order valence-electron chi connectivity index (χ1n) is 7.44. The van der Waals surface area contributed by atoms with Crippen LogP contribution in [0.2, 0.25) is 0 Å². The van der Waals surface area contributed by atoms with Crippen molar-refractivity contribution >= 4 is 27.9 Å². The van der Waals surface area contributed by atoms with Crippen LogP contribution in [0.4, 0.5) is 10.7 Å². The van der Waals surface area contributed by atoms with Gasteiger partial charge in [-0.25, -0.2) is 0 Å². The molecule has 1 aromatic rings. The maximum atomic E-state index is 12.2. The van der Waals surface area contributed by atoms with E-state index in [9.17, 15) is 10.1 Å².